The van der Waals surface area contributed by atoms with E-state index in [9.17, 15) is 143 Å². The highest BCUT2D eigenvalue weighted by Gasteiger charge is 2.42. The number of nitrogens with zero attached hydrogens (tertiary/aromatic N) is 4. The Labute approximate surface area is 663 Å². The van der Waals surface area contributed by atoms with Crippen molar-refractivity contribution in [2.24, 2.45) is 10.9 Å². The maximum absolute atomic E-state index is 13.5. The number of carbonyl (C=O) groups excluding carboxylic acids is 4. The number of alkyl halides is 27. The zero-order valence-electron chi connectivity index (χ0n) is 60.1. The third-order valence-corrected chi connectivity index (χ3v) is 16.0. The summed E-state index contributed by atoms with van der Waals surface area (Å²) in [5.74, 6) is -6.44. The van der Waals surface area contributed by atoms with Gasteiger partial charge in [-0.15, -0.1) is 0 Å². The minimum absolute atomic E-state index is 0.0112. The molecule has 0 aliphatic heterocycles. The molecule has 16 nitrogen and oxygen atoms in total. The van der Waals surface area contributed by atoms with Crippen LogP contribution in [0.2, 0.25) is 0 Å². The molecule has 0 aliphatic rings. The van der Waals surface area contributed by atoms with Gasteiger partial charge in [-0.3, -0.25) is 24.0 Å². The van der Waals surface area contributed by atoms with Gasteiger partial charge in [0.25, 0.3) is 0 Å². The maximum atomic E-state index is 13.5. The number of nitrogens with two attached hydrogens (primary N) is 1. The second kappa shape index (κ2) is 41.3. The number of rotatable bonds is 20. The number of carbonyl (C=O) groups is 5. The second-order valence-corrected chi connectivity index (χ2v) is 25.1. The lowest BCUT2D eigenvalue weighted by Gasteiger charge is -2.14. The summed E-state index contributed by atoms with van der Waals surface area (Å²) in [5, 5.41) is 37.5. The number of hydrogen-bond acceptors (Lipinski definition) is 11. The van der Waals surface area contributed by atoms with Crippen LogP contribution < -0.4 is 21.7 Å². The average molecular weight is 1760 g/mol. The van der Waals surface area contributed by atoms with Crippen LogP contribution in [0.5, 0.6) is 0 Å². The van der Waals surface area contributed by atoms with Crippen LogP contribution in [0.4, 0.5) is 136 Å². The van der Waals surface area contributed by atoms with Crippen molar-refractivity contribution < 1.29 is 157 Å². The molecule has 0 spiro atoms. The van der Waals surface area contributed by atoms with Crippen molar-refractivity contribution in [2.45, 2.75) is 120 Å². The molecule has 0 fully saturated rings. The molecule has 9 rings (SSSR count). The van der Waals surface area contributed by atoms with Crippen LogP contribution in [0, 0.1) is 11.3 Å². The number of carboxylic acid groups (broad SMARTS) is 1. The number of halogens is 28. The van der Waals surface area contributed by atoms with E-state index in [2.05, 4.69) is 35.8 Å². The molecule has 7 N–H and O–H groups in total. The standard InChI is InChI=1S/C20H12F9N3O2.C18H15F6N3O2.C18H12F6N2O.C10H8ClF3O.C10H9F3O2/c21-18(22,23)11-4-1-10(2-5-11)3-8-15(33)30-12-6-7-13(14(9-12)19(24,25)26)16-31-17(34-32-16)20(27,28)29;19-17(20,21)11-4-1-10(2-5-11)3-8-15(28)26-12-6-7-13(16(25)27-29)14(9-12)18(22,23)24;19-17(20,21)13-5-1-11(2-6-13)3-8-16(27)26-14-7-4-12(10-25)15(9-14)18(22,23)24;11-9(15)6-3-7-1-4-8(5-2-7)10(12,13)14;11-10(12,13)8-4-1-7(2-5-8)3-6-9(14)15/h1-2,4-7,9H,3,8H2,(H,30,33);1-2,4-7,9,29H,3,8H2,(H2,25,27)(H,26,28);1-2,4-7,9H,3,8H2,(H,26,27);1-2,4-5H,3,6H2;1-2,4-5H,3,6H2,(H,14,15). The fourth-order valence-electron chi connectivity index (χ4n) is 9.83. The van der Waals surface area contributed by atoms with Gasteiger partial charge in [0.1, 0.15) is 0 Å². The van der Waals surface area contributed by atoms with Crippen LogP contribution in [0.15, 0.2) is 186 Å². The molecule has 3 amide bonds. The van der Waals surface area contributed by atoms with E-state index in [0.717, 1.165) is 91.0 Å². The van der Waals surface area contributed by atoms with E-state index in [0.29, 0.717) is 52.4 Å². The van der Waals surface area contributed by atoms with Gasteiger partial charge >= 0.3 is 67.4 Å². The largest absolute Gasteiger partial charge is 0.481 e. The summed E-state index contributed by atoms with van der Waals surface area (Å²) in [6, 6.07) is 30.9. The summed E-state index contributed by atoms with van der Waals surface area (Å²) in [6.07, 6.45) is -41.4. The Morgan fingerprint density at radius 1 is 0.392 bits per heavy atom. The van der Waals surface area contributed by atoms with E-state index in [1.807, 2.05) is 0 Å². The van der Waals surface area contributed by atoms with Gasteiger partial charge in [-0.25, -0.2) is 0 Å². The number of anilines is 3. The molecule has 0 atom stereocenters. The summed E-state index contributed by atoms with van der Waals surface area (Å²) in [4.78, 5) is 59.6. The third-order valence-electron chi connectivity index (χ3n) is 15.8. The Hall–Kier alpha value is -12.4. The first-order valence-electron chi connectivity index (χ1n) is 33.4. The molecule has 644 valence electrons. The normalized spacial score (nSPS) is 12.1. The van der Waals surface area contributed by atoms with E-state index in [-0.39, 0.29) is 74.8 Å². The molecule has 1 heterocycles. The summed E-state index contributed by atoms with van der Waals surface area (Å²) in [7, 11) is 0. The van der Waals surface area contributed by atoms with E-state index in [4.69, 9.17) is 32.9 Å². The van der Waals surface area contributed by atoms with Crippen molar-refractivity contribution in [1.82, 2.24) is 10.1 Å². The molecule has 0 saturated heterocycles. The Morgan fingerprint density at radius 3 is 0.958 bits per heavy atom. The predicted molar refractivity (Wildman–Crippen MR) is 373 cm³/mol. The fourth-order valence-corrected chi connectivity index (χ4v) is 9.92. The number of benzene rings is 8. The number of aromatic nitrogens is 2. The maximum Gasteiger partial charge on any atom is 0.471 e. The van der Waals surface area contributed by atoms with Gasteiger partial charge in [-0.05, 0) is 187 Å². The number of aliphatic carboxylic acids is 1. The predicted octanol–water partition coefficient (Wildman–Crippen LogP) is 22.0. The summed E-state index contributed by atoms with van der Waals surface area (Å²) >= 11 is 5.11. The molecular formula is C76H56ClF27N8O8. The van der Waals surface area contributed by atoms with Gasteiger partial charge in [0.15, 0.2) is 5.84 Å². The number of amides is 3. The Morgan fingerprint density at radius 2 is 0.683 bits per heavy atom. The van der Waals surface area contributed by atoms with Crippen LogP contribution in [-0.4, -0.2) is 55.2 Å². The molecule has 8 aromatic carbocycles. The van der Waals surface area contributed by atoms with Gasteiger partial charge in [-0.1, -0.05) is 71.0 Å². The number of nitrogens with one attached hydrogen (secondary N) is 3. The molecule has 0 aliphatic carbocycles. The lowest BCUT2D eigenvalue weighted by atomic mass is 10.0. The highest BCUT2D eigenvalue weighted by atomic mass is 35.5. The average Bonchev–Trinajstić information content (AvgIpc) is 1.44. The number of carboxylic acids is 1. The molecule has 0 radical (unpaired) electrons. The Kier molecular flexibility index (Phi) is 33.8. The molecular weight excluding hydrogens is 1700 g/mol. The second-order valence-electron chi connectivity index (χ2n) is 24.7. The number of amidine groups is 1. The van der Waals surface area contributed by atoms with Crippen molar-refractivity contribution in [3.8, 4) is 17.5 Å². The molecule has 0 bridgehead atoms. The molecule has 9 aromatic rings. The highest BCUT2D eigenvalue weighted by Crippen LogP contribution is 2.41. The SMILES string of the molecule is N#Cc1ccc(NC(=O)CCc2ccc(C(F)(F)F)cc2)cc1C(F)(F)F.N/C(=N\O)c1ccc(NC(=O)CCc2ccc(C(F)(F)F)cc2)cc1C(F)(F)F.O=C(CCc1ccc(C(F)(F)F)cc1)Nc1ccc(-c2noc(C(F)(F)F)n2)c(C(F)(F)F)c1.O=C(Cl)CCc1ccc(C(F)(F)F)cc1.O=C(O)CCc1ccc(C(F)(F)F)cc1. The van der Waals surface area contributed by atoms with Gasteiger partial charge < -0.3 is 36.5 Å². The molecule has 120 heavy (non-hydrogen) atoms. The van der Waals surface area contributed by atoms with Gasteiger partial charge in [0.05, 0.1) is 56.1 Å². The molecule has 44 heteroatoms. The van der Waals surface area contributed by atoms with Crippen LogP contribution in [0.3, 0.4) is 0 Å². The van der Waals surface area contributed by atoms with Gasteiger partial charge in [0.2, 0.25) is 28.8 Å². The van der Waals surface area contributed by atoms with Crippen LogP contribution in [0.1, 0.15) is 121 Å². The van der Waals surface area contributed by atoms with Crippen molar-refractivity contribution in [3.63, 3.8) is 0 Å². The zero-order chi connectivity index (χ0) is 90.3. The first-order valence-corrected chi connectivity index (χ1v) is 33.8. The van der Waals surface area contributed by atoms with Crippen LogP contribution >= 0.6 is 11.6 Å². The molecule has 0 saturated carbocycles. The molecule has 1 aromatic heterocycles. The van der Waals surface area contributed by atoms with E-state index < -0.39 is 163 Å². The number of aryl methyl sites for hydroxylation is 5. The smallest absolute Gasteiger partial charge is 0.471 e. The molecule has 0 unspecified atom stereocenters. The van der Waals surface area contributed by atoms with E-state index in [1.54, 1.807) is 0 Å². The Balaban J connectivity index is 0.000000276. The zero-order valence-corrected chi connectivity index (χ0v) is 60.9. The van der Waals surface area contributed by atoms with E-state index >= 15 is 0 Å². The summed E-state index contributed by atoms with van der Waals surface area (Å²) in [5.41, 5.74) is -2.38. The number of hydrogen-bond donors (Lipinski definition) is 6. The van der Waals surface area contributed by atoms with E-state index in [1.165, 1.54) is 72.8 Å². The quantitative estimate of drug-likeness (QED) is 0.0104. The topological polar surface area (TPSA) is 263 Å². The fraction of sp³-hybridized carbons (Fsp3) is 0.250. The van der Waals surface area contributed by atoms with Crippen LogP contribution in [-0.2, 0) is 112 Å². The van der Waals surface area contributed by atoms with Crippen molar-refractivity contribution >= 4 is 63.4 Å². The summed E-state index contributed by atoms with van der Waals surface area (Å²) < 4.78 is 346. The lowest BCUT2D eigenvalue weighted by molar-refractivity contribution is -0.159. The minimum Gasteiger partial charge on any atom is -0.481 e. The lowest BCUT2D eigenvalue weighted by Crippen LogP contribution is -2.21. The van der Waals surface area contributed by atoms with Crippen molar-refractivity contribution in [1.29, 1.82) is 5.26 Å². The first kappa shape index (κ1) is 98.2. The monoisotopic (exact) mass is 1760 g/mol. The van der Waals surface area contributed by atoms with Gasteiger partial charge in [0, 0.05) is 60.3 Å². The Bertz CT molecular complexity index is 4940. The van der Waals surface area contributed by atoms with Crippen molar-refractivity contribution in [3.05, 3.63) is 265 Å². The highest BCUT2D eigenvalue weighted by molar-refractivity contribution is 6.63. The van der Waals surface area contributed by atoms with Crippen LogP contribution in [0.25, 0.3) is 11.4 Å². The van der Waals surface area contributed by atoms with Gasteiger partial charge in [-0.2, -0.15) is 129 Å². The number of oxime groups is 1. The first-order chi connectivity index (χ1) is 55.3. The van der Waals surface area contributed by atoms with Crippen molar-refractivity contribution in [2.75, 3.05) is 16.0 Å². The third kappa shape index (κ3) is 32.5. The minimum atomic E-state index is -5.05. The number of nitriles is 1. The summed E-state index contributed by atoms with van der Waals surface area (Å²) in [6.45, 7) is 0.